The molecule has 0 heterocycles. The highest BCUT2D eigenvalue weighted by Crippen LogP contribution is 2.36. The van der Waals surface area contributed by atoms with Crippen LogP contribution in [0.15, 0.2) is 60.7 Å². The minimum atomic E-state index is 1.01. The van der Waals surface area contributed by atoms with Gasteiger partial charge in [0.15, 0.2) is 0 Å². The minimum absolute atomic E-state index is 1.01. The summed E-state index contributed by atoms with van der Waals surface area (Å²) in [7, 11) is 0. The first-order valence-corrected chi connectivity index (χ1v) is 7.88. The quantitative estimate of drug-likeness (QED) is 0.553. The Balaban J connectivity index is 2.30. The average molecular weight is 285 g/mol. The van der Waals surface area contributed by atoms with Gasteiger partial charge in [0.1, 0.15) is 0 Å². The van der Waals surface area contributed by atoms with Gasteiger partial charge in [-0.2, -0.15) is 0 Å². The molecular weight excluding hydrogens is 264 g/mol. The third-order valence-electron chi connectivity index (χ3n) is 4.33. The lowest BCUT2D eigenvalue weighted by molar-refractivity contribution is 1.10. The molecule has 0 spiro atoms. The van der Waals surface area contributed by atoms with Gasteiger partial charge in [0.25, 0.3) is 0 Å². The lowest BCUT2D eigenvalue weighted by Gasteiger charge is -2.18. The summed E-state index contributed by atoms with van der Waals surface area (Å²) in [5, 5.41) is 0. The molecule has 0 saturated carbocycles. The number of hydrogen-bond acceptors (Lipinski definition) is 0. The van der Waals surface area contributed by atoms with Crippen LogP contribution in [0.5, 0.6) is 0 Å². The van der Waals surface area contributed by atoms with Crippen molar-refractivity contribution in [2.24, 2.45) is 0 Å². The maximum absolute atomic E-state index is 3.66. The fourth-order valence-corrected chi connectivity index (χ4v) is 3.18. The Hall–Kier alpha value is -2.34. The summed E-state index contributed by atoms with van der Waals surface area (Å²) < 4.78 is 0. The van der Waals surface area contributed by atoms with Crippen LogP contribution in [0.25, 0.3) is 22.3 Å². The van der Waals surface area contributed by atoms with Gasteiger partial charge < -0.3 is 0 Å². The van der Waals surface area contributed by atoms with Crippen molar-refractivity contribution in [1.82, 2.24) is 0 Å². The van der Waals surface area contributed by atoms with Crippen LogP contribution in [0.4, 0.5) is 0 Å². The first kappa shape index (κ1) is 14.6. The van der Waals surface area contributed by atoms with Crippen LogP contribution in [0.1, 0.15) is 23.6 Å². The Kier molecular flexibility index (Phi) is 4.11. The van der Waals surface area contributed by atoms with E-state index >= 15 is 0 Å². The van der Waals surface area contributed by atoms with E-state index < -0.39 is 0 Å². The highest BCUT2D eigenvalue weighted by atomic mass is 14.2. The van der Waals surface area contributed by atoms with E-state index in [0.29, 0.717) is 0 Å². The predicted molar refractivity (Wildman–Crippen MR) is 95.0 cm³/mol. The second-order valence-electron chi connectivity index (χ2n) is 5.69. The summed E-state index contributed by atoms with van der Waals surface area (Å²) >= 11 is 0. The Morgan fingerprint density at radius 3 is 1.82 bits per heavy atom. The van der Waals surface area contributed by atoms with Crippen LogP contribution >= 0.6 is 0 Å². The lowest BCUT2D eigenvalue weighted by Crippen LogP contribution is -1.98. The van der Waals surface area contributed by atoms with Crippen molar-refractivity contribution in [2.45, 2.75) is 27.2 Å². The molecule has 0 aliphatic carbocycles. The van der Waals surface area contributed by atoms with Crippen LogP contribution in [0.2, 0.25) is 0 Å². The molecule has 0 fully saturated rings. The van der Waals surface area contributed by atoms with E-state index in [1.807, 2.05) is 0 Å². The molecule has 0 unspecified atom stereocenters. The van der Waals surface area contributed by atoms with E-state index in [0.717, 1.165) is 6.42 Å². The van der Waals surface area contributed by atoms with Crippen molar-refractivity contribution < 1.29 is 0 Å². The van der Waals surface area contributed by atoms with Crippen LogP contribution < -0.4 is 0 Å². The van der Waals surface area contributed by atoms with Crippen LogP contribution in [-0.4, -0.2) is 0 Å². The van der Waals surface area contributed by atoms with E-state index in [9.17, 15) is 0 Å². The first-order valence-electron chi connectivity index (χ1n) is 7.88. The molecule has 0 atom stereocenters. The smallest absolute Gasteiger partial charge is 0.00584 e. The van der Waals surface area contributed by atoms with Gasteiger partial charge in [-0.15, -0.1) is 0 Å². The van der Waals surface area contributed by atoms with Crippen LogP contribution in [0.3, 0.4) is 0 Å². The number of hydrogen-bond donors (Lipinski definition) is 0. The van der Waals surface area contributed by atoms with E-state index in [4.69, 9.17) is 0 Å². The van der Waals surface area contributed by atoms with Crippen molar-refractivity contribution in [2.75, 3.05) is 0 Å². The van der Waals surface area contributed by atoms with Gasteiger partial charge in [0.05, 0.1) is 0 Å². The Morgan fingerprint density at radius 1 is 0.727 bits per heavy atom. The minimum Gasteiger partial charge on any atom is -0.0622 e. The van der Waals surface area contributed by atoms with E-state index in [1.54, 1.807) is 0 Å². The highest BCUT2D eigenvalue weighted by molar-refractivity contribution is 5.81. The molecule has 0 bridgehead atoms. The zero-order valence-electron chi connectivity index (χ0n) is 13.5. The molecule has 0 aliphatic heterocycles. The standard InChI is InChI=1S/C22H21/c1-4-18-15-21(19-11-7-5-8-12-19)17(3)22(16(18)2)20-13-9-6-10-14-20/h5-14H,4H2,1-3H3. The highest BCUT2D eigenvalue weighted by Gasteiger charge is 2.14. The maximum Gasteiger partial charge on any atom is -0.00584 e. The lowest BCUT2D eigenvalue weighted by atomic mass is 9.86. The second-order valence-corrected chi connectivity index (χ2v) is 5.69. The van der Waals surface area contributed by atoms with Gasteiger partial charge in [-0.25, -0.2) is 0 Å². The van der Waals surface area contributed by atoms with Crippen LogP contribution in [-0.2, 0) is 6.42 Å². The largest absolute Gasteiger partial charge is 0.0622 e. The van der Waals surface area contributed by atoms with E-state index in [1.165, 1.54) is 38.9 Å². The third kappa shape index (κ3) is 2.57. The SMILES string of the molecule is CCc1[c]c(-c2ccccc2)c(C)c(-c2ccccc2)c1C. The van der Waals surface area contributed by atoms with E-state index in [2.05, 4.69) is 87.5 Å². The molecular formula is C22H21. The molecule has 0 nitrogen and oxygen atoms in total. The fraction of sp³-hybridized carbons (Fsp3) is 0.182. The number of benzene rings is 3. The number of rotatable bonds is 3. The molecule has 109 valence electrons. The normalized spacial score (nSPS) is 10.7. The summed E-state index contributed by atoms with van der Waals surface area (Å²) in [4.78, 5) is 0. The molecule has 3 aromatic rings. The van der Waals surface area contributed by atoms with Crippen molar-refractivity contribution in [1.29, 1.82) is 0 Å². The van der Waals surface area contributed by atoms with Gasteiger partial charge in [0, 0.05) is 0 Å². The van der Waals surface area contributed by atoms with Crippen LogP contribution in [0, 0.1) is 19.9 Å². The van der Waals surface area contributed by atoms with Gasteiger partial charge >= 0.3 is 0 Å². The fourth-order valence-electron chi connectivity index (χ4n) is 3.18. The molecule has 0 amide bonds. The molecule has 22 heavy (non-hydrogen) atoms. The zero-order chi connectivity index (χ0) is 15.5. The Bertz CT molecular complexity index is 768. The van der Waals surface area contributed by atoms with Gasteiger partial charge in [0.2, 0.25) is 0 Å². The summed E-state index contributed by atoms with van der Waals surface area (Å²) in [6.07, 6.45) is 1.01. The molecule has 1 radical (unpaired) electrons. The van der Waals surface area contributed by atoms with E-state index in [-0.39, 0.29) is 0 Å². The zero-order valence-corrected chi connectivity index (χ0v) is 13.5. The second kappa shape index (κ2) is 6.19. The molecule has 3 rings (SSSR count). The third-order valence-corrected chi connectivity index (χ3v) is 4.33. The molecule has 0 N–H and O–H groups in total. The predicted octanol–water partition coefficient (Wildman–Crippen LogP) is 6.00. The van der Waals surface area contributed by atoms with Gasteiger partial charge in [-0.05, 0) is 65.3 Å². The topological polar surface area (TPSA) is 0 Å². The summed E-state index contributed by atoms with van der Waals surface area (Å²) in [6.45, 7) is 6.64. The van der Waals surface area contributed by atoms with Crippen molar-refractivity contribution in [3.8, 4) is 22.3 Å². The molecule has 0 aromatic heterocycles. The first-order chi connectivity index (χ1) is 10.7. The number of aryl methyl sites for hydroxylation is 1. The van der Waals surface area contributed by atoms with Crippen molar-refractivity contribution in [3.63, 3.8) is 0 Å². The monoisotopic (exact) mass is 285 g/mol. The summed E-state index contributed by atoms with van der Waals surface area (Å²) in [5.74, 6) is 0. The molecule has 0 aliphatic rings. The molecule has 0 heteroatoms. The van der Waals surface area contributed by atoms with Gasteiger partial charge in [-0.1, -0.05) is 67.6 Å². The van der Waals surface area contributed by atoms with Crippen molar-refractivity contribution in [3.05, 3.63) is 83.4 Å². The summed E-state index contributed by atoms with van der Waals surface area (Å²) in [6, 6.07) is 24.9. The molecule has 0 saturated heterocycles. The maximum atomic E-state index is 3.66. The Labute approximate surface area is 133 Å². The molecule has 3 aromatic carbocycles. The Morgan fingerprint density at radius 2 is 1.27 bits per heavy atom. The average Bonchev–Trinajstić information content (AvgIpc) is 2.57. The van der Waals surface area contributed by atoms with Crippen molar-refractivity contribution >= 4 is 0 Å². The van der Waals surface area contributed by atoms with Gasteiger partial charge in [-0.3, -0.25) is 0 Å². The summed E-state index contributed by atoms with van der Waals surface area (Å²) in [5.41, 5.74) is 9.09.